The van der Waals surface area contributed by atoms with Gasteiger partial charge in [-0.25, -0.2) is 0 Å². The molecule has 1 fully saturated rings. The number of pyridine rings is 1. The summed E-state index contributed by atoms with van der Waals surface area (Å²) in [6.45, 7) is 4.65. The minimum Gasteiger partial charge on any atom is -0.381 e. The predicted molar refractivity (Wildman–Crippen MR) is 102 cm³/mol. The fourth-order valence-corrected chi connectivity index (χ4v) is 2.25. The van der Waals surface area contributed by atoms with Crippen LogP contribution in [0.2, 0.25) is 0 Å². The van der Waals surface area contributed by atoms with Crippen LogP contribution in [0.5, 0.6) is 0 Å². The number of aliphatic imine (C=N–C) groups is 1. The maximum atomic E-state index is 5.81. The van der Waals surface area contributed by atoms with E-state index >= 15 is 0 Å². The number of halogens is 1. The molecule has 0 radical (unpaired) electrons. The Labute approximate surface area is 155 Å². The number of rotatable bonds is 9. The summed E-state index contributed by atoms with van der Waals surface area (Å²) in [6.07, 6.45) is 4.63. The molecule has 1 aliphatic heterocycles. The lowest BCUT2D eigenvalue weighted by Gasteiger charge is -2.08. The van der Waals surface area contributed by atoms with E-state index in [1.165, 1.54) is 0 Å². The van der Waals surface area contributed by atoms with E-state index in [0.29, 0.717) is 18.4 Å². The number of ether oxygens (including phenoxy) is 2. The Balaban J connectivity index is 0.00000264. The maximum Gasteiger partial charge on any atom is 0.188 e. The molecule has 1 aromatic rings. The van der Waals surface area contributed by atoms with Gasteiger partial charge in [-0.15, -0.1) is 24.0 Å². The second-order valence-corrected chi connectivity index (χ2v) is 5.42. The number of nitrogens with zero attached hydrogens (tertiary/aromatic N) is 2. The summed E-state index contributed by atoms with van der Waals surface area (Å²) in [6, 6.07) is 5.90. The van der Waals surface area contributed by atoms with E-state index in [1.807, 2.05) is 18.2 Å². The van der Waals surface area contributed by atoms with Gasteiger partial charge in [0.2, 0.25) is 0 Å². The van der Waals surface area contributed by atoms with Crippen LogP contribution >= 0.6 is 24.0 Å². The zero-order chi connectivity index (χ0) is 15.5. The highest BCUT2D eigenvalue weighted by molar-refractivity contribution is 14.0. The average molecular weight is 434 g/mol. The largest absolute Gasteiger partial charge is 0.381 e. The molecule has 1 aromatic heterocycles. The summed E-state index contributed by atoms with van der Waals surface area (Å²) in [4.78, 5) is 8.54. The molecule has 0 aromatic carbocycles. The third-order valence-corrected chi connectivity index (χ3v) is 3.52. The molecule has 2 heterocycles. The first-order chi connectivity index (χ1) is 10.8. The molecular formula is C16H27IN4O2. The van der Waals surface area contributed by atoms with Crippen LogP contribution in [0.25, 0.3) is 0 Å². The van der Waals surface area contributed by atoms with Gasteiger partial charge in [0.25, 0.3) is 0 Å². The Bertz CT molecular complexity index is 439. The van der Waals surface area contributed by atoms with E-state index in [4.69, 9.17) is 15.2 Å². The van der Waals surface area contributed by atoms with Crippen molar-refractivity contribution in [1.29, 1.82) is 0 Å². The molecule has 7 heteroatoms. The molecule has 23 heavy (non-hydrogen) atoms. The van der Waals surface area contributed by atoms with E-state index < -0.39 is 0 Å². The molecule has 0 bridgehead atoms. The van der Waals surface area contributed by atoms with E-state index in [2.05, 4.69) is 15.3 Å². The van der Waals surface area contributed by atoms with Crippen molar-refractivity contribution >= 4 is 29.9 Å². The van der Waals surface area contributed by atoms with Gasteiger partial charge in [0.15, 0.2) is 5.96 Å². The van der Waals surface area contributed by atoms with E-state index in [-0.39, 0.29) is 24.0 Å². The molecule has 0 saturated carbocycles. The summed E-state index contributed by atoms with van der Waals surface area (Å²) in [7, 11) is 0. The summed E-state index contributed by atoms with van der Waals surface area (Å²) < 4.78 is 10.9. The summed E-state index contributed by atoms with van der Waals surface area (Å²) in [5.74, 6) is 1.06. The molecule has 0 aliphatic carbocycles. The number of aromatic nitrogens is 1. The number of nitrogens with two attached hydrogens (primary N) is 1. The van der Waals surface area contributed by atoms with E-state index in [9.17, 15) is 0 Å². The minimum atomic E-state index is 0. The Kier molecular flexibility index (Phi) is 10.9. The van der Waals surface area contributed by atoms with Gasteiger partial charge in [0, 0.05) is 50.5 Å². The molecule has 3 N–H and O–H groups in total. The lowest BCUT2D eigenvalue weighted by atomic mass is 10.1. The Morgan fingerprint density at radius 2 is 2.39 bits per heavy atom. The smallest absolute Gasteiger partial charge is 0.188 e. The summed E-state index contributed by atoms with van der Waals surface area (Å²) in [5, 5.41) is 3.10. The second kappa shape index (κ2) is 12.5. The molecule has 1 aliphatic rings. The Hall–Kier alpha value is -0.930. The monoisotopic (exact) mass is 434 g/mol. The lowest BCUT2D eigenvalue weighted by Crippen LogP contribution is -2.33. The van der Waals surface area contributed by atoms with Crippen molar-refractivity contribution in [2.45, 2.75) is 19.3 Å². The predicted octanol–water partition coefficient (Wildman–Crippen LogP) is 1.59. The fourth-order valence-electron chi connectivity index (χ4n) is 2.25. The standard InChI is InChI=1S/C16H26N4O2.HI/c17-16(20-9-5-15-4-1-2-7-18-15)19-8-3-10-21-12-14-6-11-22-13-14;/h1-2,4,7,14H,3,5-6,8-13H2,(H3,17,19,20);1H. The molecule has 0 amide bonds. The van der Waals surface area contributed by atoms with E-state index in [1.54, 1.807) is 6.20 Å². The zero-order valence-electron chi connectivity index (χ0n) is 13.4. The van der Waals surface area contributed by atoms with Gasteiger partial charge in [-0.2, -0.15) is 0 Å². The number of guanidine groups is 1. The normalized spacial score (nSPS) is 17.7. The van der Waals surface area contributed by atoms with Crippen molar-refractivity contribution < 1.29 is 9.47 Å². The first-order valence-electron chi connectivity index (χ1n) is 7.94. The first-order valence-corrected chi connectivity index (χ1v) is 7.94. The van der Waals surface area contributed by atoms with Gasteiger partial charge in [-0.1, -0.05) is 6.07 Å². The molecule has 1 saturated heterocycles. The van der Waals surface area contributed by atoms with Gasteiger partial charge < -0.3 is 20.5 Å². The zero-order valence-corrected chi connectivity index (χ0v) is 15.8. The van der Waals surface area contributed by atoms with Gasteiger partial charge in [0.05, 0.1) is 13.2 Å². The van der Waals surface area contributed by atoms with Crippen molar-refractivity contribution in [2.75, 3.05) is 39.5 Å². The van der Waals surface area contributed by atoms with Crippen molar-refractivity contribution in [3.05, 3.63) is 30.1 Å². The van der Waals surface area contributed by atoms with Crippen LogP contribution in [0.3, 0.4) is 0 Å². The fraction of sp³-hybridized carbons (Fsp3) is 0.625. The molecule has 1 unspecified atom stereocenters. The van der Waals surface area contributed by atoms with Crippen molar-refractivity contribution in [2.24, 2.45) is 16.6 Å². The minimum absolute atomic E-state index is 0. The maximum absolute atomic E-state index is 5.81. The van der Waals surface area contributed by atoms with Crippen LogP contribution in [-0.4, -0.2) is 50.5 Å². The first kappa shape index (κ1) is 20.1. The molecule has 130 valence electrons. The van der Waals surface area contributed by atoms with Gasteiger partial charge in [-0.3, -0.25) is 9.98 Å². The van der Waals surface area contributed by atoms with Crippen LogP contribution in [0, 0.1) is 5.92 Å². The molecular weight excluding hydrogens is 407 g/mol. The van der Waals surface area contributed by atoms with Gasteiger partial charge >= 0.3 is 0 Å². The number of hydrogen-bond acceptors (Lipinski definition) is 4. The van der Waals surface area contributed by atoms with Crippen molar-refractivity contribution in [3.63, 3.8) is 0 Å². The number of nitrogens with one attached hydrogen (secondary N) is 1. The summed E-state index contributed by atoms with van der Waals surface area (Å²) >= 11 is 0. The Morgan fingerprint density at radius 1 is 1.48 bits per heavy atom. The highest BCUT2D eigenvalue weighted by Crippen LogP contribution is 2.12. The van der Waals surface area contributed by atoms with Crippen molar-refractivity contribution in [3.8, 4) is 0 Å². The lowest BCUT2D eigenvalue weighted by molar-refractivity contribution is 0.0893. The summed E-state index contributed by atoms with van der Waals surface area (Å²) in [5.41, 5.74) is 6.86. The van der Waals surface area contributed by atoms with Crippen LogP contribution < -0.4 is 11.1 Å². The third-order valence-electron chi connectivity index (χ3n) is 3.52. The highest BCUT2D eigenvalue weighted by Gasteiger charge is 2.14. The highest BCUT2D eigenvalue weighted by atomic mass is 127. The van der Waals surface area contributed by atoms with E-state index in [0.717, 1.165) is 57.9 Å². The quantitative estimate of drug-likeness (QED) is 0.267. The van der Waals surface area contributed by atoms with Crippen molar-refractivity contribution in [1.82, 2.24) is 10.3 Å². The SMILES string of the molecule is I.NC(=NCCCOCC1CCOC1)NCCc1ccccn1. The molecule has 0 spiro atoms. The molecule has 1 atom stereocenters. The Morgan fingerprint density at radius 3 is 3.13 bits per heavy atom. The van der Waals surface area contributed by atoms with Gasteiger partial charge in [-0.05, 0) is 25.0 Å². The number of hydrogen-bond donors (Lipinski definition) is 2. The second-order valence-electron chi connectivity index (χ2n) is 5.42. The third kappa shape index (κ3) is 9.07. The van der Waals surface area contributed by atoms with Crippen LogP contribution in [0.4, 0.5) is 0 Å². The average Bonchev–Trinajstić information content (AvgIpc) is 3.05. The molecule has 2 rings (SSSR count). The topological polar surface area (TPSA) is 81.8 Å². The van der Waals surface area contributed by atoms with Crippen LogP contribution in [0.15, 0.2) is 29.4 Å². The van der Waals surface area contributed by atoms with Crippen LogP contribution in [0.1, 0.15) is 18.5 Å². The van der Waals surface area contributed by atoms with Crippen LogP contribution in [-0.2, 0) is 15.9 Å². The molecule has 6 nitrogen and oxygen atoms in total. The van der Waals surface area contributed by atoms with Gasteiger partial charge in [0.1, 0.15) is 0 Å².